The number of rotatable bonds is 3. The Hall–Kier alpha value is -2.22. The number of nitro benzene ring substituents is 1. The summed E-state index contributed by atoms with van der Waals surface area (Å²) in [5.41, 5.74) is 5.12. The van der Waals surface area contributed by atoms with Gasteiger partial charge in [0.05, 0.1) is 17.7 Å². The van der Waals surface area contributed by atoms with E-state index in [9.17, 15) is 19.3 Å². The number of methoxy groups -OCH3 is 1. The maximum atomic E-state index is 13.5. The van der Waals surface area contributed by atoms with Gasteiger partial charge in [-0.15, -0.1) is 0 Å². The van der Waals surface area contributed by atoms with Gasteiger partial charge in [-0.1, -0.05) is 0 Å². The topological polar surface area (TPSA) is 98.7 Å². The molecule has 1 amide bonds. The summed E-state index contributed by atoms with van der Waals surface area (Å²) in [4.78, 5) is 22.9. The van der Waals surface area contributed by atoms with Gasteiger partial charge in [-0.3, -0.25) is 14.9 Å². The number of amides is 1. The Morgan fingerprint density at radius 3 is 2.74 bits per heavy atom. The summed E-state index contributed by atoms with van der Waals surface area (Å²) in [5.74, 6) is -1.22. The lowest BCUT2D eigenvalue weighted by molar-refractivity contribution is -0.387. The molecule has 2 N–H and O–H groups in total. The predicted molar refractivity (Wildman–Crippen MR) is 64.6 cm³/mol. The minimum atomic E-state index is -1.01. The Balaban J connectivity index is 2.52. The SMILES string of the molecule is COc1cc(F)c([N+](=O)[O-])cc1N1CC(N)CC1=O. The summed E-state index contributed by atoms with van der Waals surface area (Å²) in [6.45, 7) is 0.220. The summed E-state index contributed by atoms with van der Waals surface area (Å²) in [6.07, 6.45) is 0.147. The van der Waals surface area contributed by atoms with Crippen molar-refractivity contribution >= 4 is 17.3 Å². The van der Waals surface area contributed by atoms with E-state index < -0.39 is 16.4 Å². The first-order chi connectivity index (χ1) is 8.93. The van der Waals surface area contributed by atoms with E-state index >= 15 is 0 Å². The van der Waals surface area contributed by atoms with E-state index in [0.29, 0.717) is 0 Å². The molecule has 0 saturated carbocycles. The quantitative estimate of drug-likeness (QED) is 0.646. The highest BCUT2D eigenvalue weighted by atomic mass is 19.1. The van der Waals surface area contributed by atoms with Crippen LogP contribution in [0.4, 0.5) is 15.8 Å². The predicted octanol–water partition coefficient (Wildman–Crippen LogP) is 0.807. The van der Waals surface area contributed by atoms with E-state index in [1.807, 2.05) is 0 Å². The number of hydrogen-bond donors (Lipinski definition) is 1. The fraction of sp³-hybridized carbons (Fsp3) is 0.364. The molecule has 0 aromatic heterocycles. The second-order valence-corrected chi connectivity index (χ2v) is 4.20. The smallest absolute Gasteiger partial charge is 0.307 e. The van der Waals surface area contributed by atoms with Gasteiger partial charge in [-0.05, 0) is 0 Å². The fourth-order valence-corrected chi connectivity index (χ4v) is 2.01. The molecule has 0 bridgehead atoms. The highest BCUT2D eigenvalue weighted by Gasteiger charge is 2.32. The third-order valence-electron chi connectivity index (χ3n) is 2.89. The van der Waals surface area contributed by atoms with Crippen LogP contribution in [0.2, 0.25) is 0 Å². The van der Waals surface area contributed by atoms with Crippen LogP contribution in [0.25, 0.3) is 0 Å². The van der Waals surface area contributed by atoms with Gasteiger partial charge in [0.1, 0.15) is 5.75 Å². The van der Waals surface area contributed by atoms with Crippen LogP contribution in [0, 0.1) is 15.9 Å². The first-order valence-corrected chi connectivity index (χ1v) is 5.52. The van der Waals surface area contributed by atoms with E-state index in [1.54, 1.807) is 0 Å². The number of nitrogens with zero attached hydrogens (tertiary/aromatic N) is 2. The Bertz CT molecular complexity index is 549. The minimum Gasteiger partial charge on any atom is -0.494 e. The standard InChI is InChI=1S/C11H12FN3O4/c1-19-10-3-7(12)8(15(17)18)4-9(10)14-5-6(13)2-11(14)16/h3-4,6H,2,5,13H2,1H3. The number of nitro groups is 1. The van der Waals surface area contributed by atoms with Crippen LogP contribution in [-0.4, -0.2) is 30.5 Å². The summed E-state index contributed by atoms with van der Waals surface area (Å²) in [7, 11) is 1.30. The second kappa shape index (κ2) is 4.81. The summed E-state index contributed by atoms with van der Waals surface area (Å²) in [5, 5.41) is 10.7. The first-order valence-electron chi connectivity index (χ1n) is 5.52. The molecule has 1 aromatic rings. The van der Waals surface area contributed by atoms with Crippen LogP contribution in [0.1, 0.15) is 6.42 Å². The second-order valence-electron chi connectivity index (χ2n) is 4.20. The number of ether oxygens (including phenoxy) is 1. The lowest BCUT2D eigenvalue weighted by atomic mass is 10.2. The molecule has 1 aliphatic rings. The molecule has 0 radical (unpaired) electrons. The molecule has 1 saturated heterocycles. The van der Waals surface area contributed by atoms with Crippen LogP contribution in [0.5, 0.6) is 5.75 Å². The number of carbonyl (C=O) groups excluding carboxylic acids is 1. The zero-order valence-electron chi connectivity index (χ0n) is 10.1. The first kappa shape index (κ1) is 13.2. The van der Waals surface area contributed by atoms with Gasteiger partial charge in [0.25, 0.3) is 0 Å². The third kappa shape index (κ3) is 2.34. The molecule has 2 rings (SSSR count). The fourth-order valence-electron chi connectivity index (χ4n) is 2.01. The van der Waals surface area contributed by atoms with Crippen molar-refractivity contribution in [1.29, 1.82) is 0 Å². The zero-order valence-corrected chi connectivity index (χ0v) is 10.1. The highest BCUT2D eigenvalue weighted by molar-refractivity contribution is 5.98. The molecule has 0 aliphatic carbocycles. The Kier molecular flexibility index (Phi) is 3.34. The van der Waals surface area contributed by atoms with Crippen LogP contribution in [-0.2, 0) is 4.79 Å². The maximum Gasteiger partial charge on any atom is 0.307 e. The molecule has 102 valence electrons. The lowest BCUT2D eigenvalue weighted by Crippen LogP contribution is -2.28. The molecule has 7 nitrogen and oxygen atoms in total. The van der Waals surface area contributed by atoms with E-state index in [4.69, 9.17) is 10.5 Å². The minimum absolute atomic E-state index is 0.0607. The number of hydrogen-bond acceptors (Lipinski definition) is 5. The number of halogens is 1. The molecular weight excluding hydrogens is 257 g/mol. The third-order valence-corrected chi connectivity index (χ3v) is 2.89. The molecule has 1 fully saturated rings. The molecule has 1 unspecified atom stereocenters. The van der Waals surface area contributed by atoms with Gasteiger partial charge in [0, 0.05) is 31.1 Å². The summed E-state index contributed by atoms with van der Waals surface area (Å²) < 4.78 is 18.4. The van der Waals surface area contributed by atoms with Crippen molar-refractivity contribution in [3.63, 3.8) is 0 Å². The van der Waals surface area contributed by atoms with E-state index in [1.165, 1.54) is 12.0 Å². The van der Waals surface area contributed by atoms with Crippen LogP contribution >= 0.6 is 0 Å². The molecule has 0 spiro atoms. The molecule has 1 aliphatic heterocycles. The van der Waals surface area contributed by atoms with Gasteiger partial charge in [-0.25, -0.2) is 0 Å². The largest absolute Gasteiger partial charge is 0.494 e. The molecule has 19 heavy (non-hydrogen) atoms. The molecule has 8 heteroatoms. The molecule has 1 aromatic carbocycles. The monoisotopic (exact) mass is 269 g/mol. The van der Waals surface area contributed by atoms with Crippen molar-refractivity contribution in [3.8, 4) is 5.75 Å². The van der Waals surface area contributed by atoms with Crippen molar-refractivity contribution in [2.24, 2.45) is 5.73 Å². The Labute approximate surface area is 107 Å². The zero-order chi connectivity index (χ0) is 14.2. The number of carbonyl (C=O) groups is 1. The van der Waals surface area contributed by atoms with Gasteiger partial charge in [0.15, 0.2) is 0 Å². The van der Waals surface area contributed by atoms with Crippen molar-refractivity contribution in [1.82, 2.24) is 0 Å². The number of anilines is 1. The lowest BCUT2D eigenvalue weighted by Gasteiger charge is -2.19. The van der Waals surface area contributed by atoms with Crippen LogP contribution < -0.4 is 15.4 Å². The summed E-state index contributed by atoms with van der Waals surface area (Å²) >= 11 is 0. The van der Waals surface area contributed by atoms with Gasteiger partial charge < -0.3 is 15.4 Å². The van der Waals surface area contributed by atoms with Crippen molar-refractivity contribution in [2.75, 3.05) is 18.6 Å². The van der Waals surface area contributed by atoms with E-state index in [2.05, 4.69) is 0 Å². The van der Waals surface area contributed by atoms with Gasteiger partial charge in [0.2, 0.25) is 11.7 Å². The Morgan fingerprint density at radius 2 is 2.26 bits per heavy atom. The number of benzene rings is 1. The van der Waals surface area contributed by atoms with Gasteiger partial charge in [-0.2, -0.15) is 4.39 Å². The van der Waals surface area contributed by atoms with E-state index in [-0.39, 0.29) is 36.4 Å². The highest BCUT2D eigenvalue weighted by Crippen LogP contribution is 2.36. The summed E-state index contributed by atoms with van der Waals surface area (Å²) in [6, 6.07) is 1.54. The van der Waals surface area contributed by atoms with Crippen molar-refractivity contribution < 1.29 is 18.8 Å². The van der Waals surface area contributed by atoms with Crippen LogP contribution in [0.3, 0.4) is 0 Å². The van der Waals surface area contributed by atoms with Crippen molar-refractivity contribution in [3.05, 3.63) is 28.1 Å². The average molecular weight is 269 g/mol. The maximum absolute atomic E-state index is 13.5. The van der Waals surface area contributed by atoms with Crippen LogP contribution in [0.15, 0.2) is 12.1 Å². The van der Waals surface area contributed by atoms with Crippen molar-refractivity contribution in [2.45, 2.75) is 12.5 Å². The molecule has 1 heterocycles. The van der Waals surface area contributed by atoms with Gasteiger partial charge >= 0.3 is 5.69 Å². The normalized spacial score (nSPS) is 18.8. The number of nitrogens with two attached hydrogens (primary N) is 1. The Morgan fingerprint density at radius 1 is 1.58 bits per heavy atom. The average Bonchev–Trinajstić information content (AvgIpc) is 2.67. The van der Waals surface area contributed by atoms with E-state index in [0.717, 1.165) is 12.1 Å². The molecular formula is C11H12FN3O4. The molecule has 1 atom stereocenters.